The largest absolute Gasteiger partial charge is 0.350 e. The highest BCUT2D eigenvalue weighted by Crippen LogP contribution is 2.25. The third-order valence-electron chi connectivity index (χ3n) is 6.01. The molecule has 2 atom stereocenters. The summed E-state index contributed by atoms with van der Waals surface area (Å²) in [7, 11) is -3.63. The molecule has 2 N–H and O–H groups in total. The van der Waals surface area contributed by atoms with E-state index in [9.17, 15) is 13.2 Å². The first-order valence-corrected chi connectivity index (χ1v) is 12.0. The van der Waals surface area contributed by atoms with Gasteiger partial charge in [-0.15, -0.1) is 0 Å². The van der Waals surface area contributed by atoms with Crippen LogP contribution in [0.15, 0.2) is 52.4 Å². The lowest BCUT2D eigenvalue weighted by Gasteiger charge is -2.19. The Hall–Kier alpha value is -2.67. The van der Waals surface area contributed by atoms with Gasteiger partial charge in [0, 0.05) is 12.1 Å². The van der Waals surface area contributed by atoms with Crippen LogP contribution in [-0.2, 0) is 34.2 Å². The minimum Gasteiger partial charge on any atom is -0.350 e. The van der Waals surface area contributed by atoms with E-state index in [1.165, 1.54) is 17.5 Å². The standard InChI is InChI=1S/C23H27N3O3S/c1-3-15(2)21(25-22-19-9-4-5-10-20(19)30(28,29)26-22)23(27)24-14-16-11-12-17-7-6-8-18(17)13-16/h4-5,9-13,15,21H,3,6-8,14H2,1-2H3,(H,24,27)(H,25,26)/t15-,21-/m0/s1. The highest BCUT2D eigenvalue weighted by molar-refractivity contribution is 7.90. The maximum Gasteiger partial charge on any atom is 0.263 e. The van der Waals surface area contributed by atoms with Gasteiger partial charge in [-0.25, -0.2) is 8.42 Å². The number of aliphatic imine (C=N–C) groups is 1. The van der Waals surface area contributed by atoms with Crippen LogP contribution in [0.25, 0.3) is 0 Å². The zero-order valence-corrected chi connectivity index (χ0v) is 18.1. The Balaban J connectivity index is 1.54. The van der Waals surface area contributed by atoms with E-state index in [-0.39, 0.29) is 22.6 Å². The fraction of sp³-hybridized carbons (Fsp3) is 0.391. The third kappa shape index (κ3) is 3.99. The molecule has 30 heavy (non-hydrogen) atoms. The van der Waals surface area contributed by atoms with Gasteiger partial charge in [-0.05, 0) is 54.0 Å². The van der Waals surface area contributed by atoms with E-state index in [4.69, 9.17) is 0 Å². The topological polar surface area (TPSA) is 87.6 Å². The second-order valence-electron chi connectivity index (χ2n) is 8.08. The fourth-order valence-corrected chi connectivity index (χ4v) is 5.30. The first kappa shape index (κ1) is 20.6. The number of sulfonamides is 1. The summed E-state index contributed by atoms with van der Waals surface area (Å²) < 4.78 is 27.2. The summed E-state index contributed by atoms with van der Waals surface area (Å²) in [5, 5.41) is 3.00. The molecule has 0 unspecified atom stereocenters. The van der Waals surface area contributed by atoms with E-state index >= 15 is 0 Å². The summed E-state index contributed by atoms with van der Waals surface area (Å²) in [5.41, 5.74) is 4.36. The summed E-state index contributed by atoms with van der Waals surface area (Å²) in [5.74, 6) is 0.0132. The average molecular weight is 426 g/mol. The smallest absolute Gasteiger partial charge is 0.263 e. The van der Waals surface area contributed by atoms with Gasteiger partial charge in [0.15, 0.2) is 0 Å². The average Bonchev–Trinajstić information content (AvgIpc) is 3.31. The number of hydrogen-bond donors (Lipinski definition) is 2. The highest BCUT2D eigenvalue weighted by atomic mass is 32.2. The maximum absolute atomic E-state index is 13.0. The molecule has 1 aliphatic carbocycles. The van der Waals surface area contributed by atoms with Crippen LogP contribution in [0.5, 0.6) is 0 Å². The van der Waals surface area contributed by atoms with Crippen molar-refractivity contribution in [1.82, 2.24) is 10.0 Å². The fourth-order valence-electron chi connectivity index (χ4n) is 4.07. The molecule has 2 aromatic rings. The first-order chi connectivity index (χ1) is 14.4. The van der Waals surface area contributed by atoms with Gasteiger partial charge in [-0.1, -0.05) is 50.6 Å². The van der Waals surface area contributed by atoms with Crippen molar-refractivity contribution < 1.29 is 13.2 Å². The molecule has 0 saturated carbocycles. The summed E-state index contributed by atoms with van der Waals surface area (Å²) in [4.78, 5) is 17.8. The Morgan fingerprint density at radius 3 is 2.73 bits per heavy atom. The predicted octanol–water partition coefficient (Wildman–Crippen LogP) is 2.94. The number of amidine groups is 1. The van der Waals surface area contributed by atoms with Crippen LogP contribution >= 0.6 is 0 Å². The number of carbonyl (C=O) groups excluding carboxylic acids is 1. The second kappa shape index (κ2) is 8.22. The molecule has 0 aromatic heterocycles. The molecule has 1 heterocycles. The van der Waals surface area contributed by atoms with Crippen molar-refractivity contribution in [1.29, 1.82) is 0 Å². The Morgan fingerprint density at radius 1 is 1.17 bits per heavy atom. The maximum atomic E-state index is 13.0. The van der Waals surface area contributed by atoms with Crippen molar-refractivity contribution in [2.24, 2.45) is 10.9 Å². The Bertz CT molecular complexity index is 1110. The number of fused-ring (bicyclic) bond motifs is 2. The van der Waals surface area contributed by atoms with Crippen LogP contribution in [0.3, 0.4) is 0 Å². The molecule has 0 saturated heterocycles. The zero-order valence-electron chi connectivity index (χ0n) is 17.3. The van der Waals surface area contributed by atoms with Crippen LogP contribution in [0, 0.1) is 5.92 Å². The minimum absolute atomic E-state index is 0.0326. The van der Waals surface area contributed by atoms with Crippen LogP contribution < -0.4 is 10.0 Å². The van der Waals surface area contributed by atoms with Crippen LogP contribution in [-0.4, -0.2) is 26.2 Å². The molecule has 7 heteroatoms. The van der Waals surface area contributed by atoms with Gasteiger partial charge in [-0.3, -0.25) is 14.5 Å². The summed E-state index contributed by atoms with van der Waals surface area (Å²) in [6.45, 7) is 4.39. The van der Waals surface area contributed by atoms with Crippen LogP contribution in [0.4, 0.5) is 0 Å². The second-order valence-corrected chi connectivity index (χ2v) is 9.73. The molecule has 4 rings (SSSR count). The first-order valence-electron chi connectivity index (χ1n) is 10.5. The number of nitrogens with one attached hydrogen (secondary N) is 2. The Kier molecular flexibility index (Phi) is 5.64. The van der Waals surface area contributed by atoms with Gasteiger partial charge in [0.1, 0.15) is 11.9 Å². The van der Waals surface area contributed by atoms with Crippen molar-refractivity contribution in [2.75, 3.05) is 0 Å². The number of carbonyl (C=O) groups is 1. The zero-order chi connectivity index (χ0) is 21.3. The Morgan fingerprint density at radius 2 is 1.93 bits per heavy atom. The summed E-state index contributed by atoms with van der Waals surface area (Å²) in [6.07, 6.45) is 4.17. The van der Waals surface area contributed by atoms with E-state index in [0.717, 1.165) is 24.8 Å². The van der Waals surface area contributed by atoms with Gasteiger partial charge in [0.05, 0.1) is 4.90 Å². The highest BCUT2D eigenvalue weighted by Gasteiger charge is 2.33. The monoisotopic (exact) mass is 425 g/mol. The molecule has 158 valence electrons. The van der Waals surface area contributed by atoms with E-state index in [0.29, 0.717) is 12.1 Å². The van der Waals surface area contributed by atoms with Crippen molar-refractivity contribution in [3.05, 3.63) is 64.7 Å². The number of benzene rings is 2. The van der Waals surface area contributed by atoms with Crippen LogP contribution in [0.1, 0.15) is 48.9 Å². The van der Waals surface area contributed by atoms with Gasteiger partial charge >= 0.3 is 0 Å². The predicted molar refractivity (Wildman–Crippen MR) is 117 cm³/mol. The lowest BCUT2D eigenvalue weighted by Crippen LogP contribution is -2.38. The summed E-state index contributed by atoms with van der Waals surface area (Å²) >= 11 is 0. The number of amides is 1. The molecule has 2 aliphatic rings. The van der Waals surface area contributed by atoms with Crippen LogP contribution in [0.2, 0.25) is 0 Å². The van der Waals surface area contributed by atoms with Crippen molar-refractivity contribution in [3.63, 3.8) is 0 Å². The Labute approximate surface area is 177 Å². The lowest BCUT2D eigenvalue weighted by molar-refractivity contribution is -0.123. The molecular formula is C23H27N3O3S. The molecular weight excluding hydrogens is 398 g/mol. The van der Waals surface area contributed by atoms with Crippen molar-refractivity contribution in [2.45, 2.75) is 57.0 Å². The van der Waals surface area contributed by atoms with Gasteiger partial charge in [0.25, 0.3) is 10.0 Å². The van der Waals surface area contributed by atoms with Gasteiger partial charge in [-0.2, -0.15) is 0 Å². The summed E-state index contributed by atoms with van der Waals surface area (Å²) in [6, 6.07) is 12.4. The van der Waals surface area contributed by atoms with E-state index in [2.05, 4.69) is 33.2 Å². The lowest BCUT2D eigenvalue weighted by atomic mass is 9.98. The molecule has 2 aromatic carbocycles. The molecule has 0 radical (unpaired) electrons. The molecule has 1 amide bonds. The molecule has 0 bridgehead atoms. The minimum atomic E-state index is -3.63. The van der Waals surface area contributed by atoms with Gasteiger partial charge in [0.2, 0.25) is 5.91 Å². The van der Waals surface area contributed by atoms with Crippen molar-refractivity contribution >= 4 is 21.8 Å². The molecule has 1 aliphatic heterocycles. The van der Waals surface area contributed by atoms with E-state index in [1.807, 2.05) is 13.8 Å². The number of nitrogens with zero attached hydrogens (tertiary/aromatic N) is 1. The van der Waals surface area contributed by atoms with Gasteiger partial charge < -0.3 is 5.32 Å². The van der Waals surface area contributed by atoms with E-state index in [1.54, 1.807) is 24.3 Å². The number of hydrogen-bond acceptors (Lipinski definition) is 4. The quantitative estimate of drug-likeness (QED) is 0.746. The van der Waals surface area contributed by atoms with Crippen molar-refractivity contribution in [3.8, 4) is 0 Å². The SMILES string of the molecule is CC[C@H](C)[C@H](N=C1NS(=O)(=O)c2ccccc21)C(=O)NCc1ccc2c(c1)CCC2. The molecule has 0 fully saturated rings. The third-order valence-corrected chi connectivity index (χ3v) is 7.41. The molecule has 6 nitrogen and oxygen atoms in total. The number of rotatable bonds is 6. The number of aryl methyl sites for hydroxylation is 2. The normalized spacial score (nSPS) is 19.6. The van der Waals surface area contributed by atoms with E-state index < -0.39 is 16.1 Å². The molecule has 0 spiro atoms.